The average Bonchev–Trinajstić information content (AvgIpc) is 2.58. The third-order valence-corrected chi connectivity index (χ3v) is 3.32. The maximum Gasteiger partial charge on any atom is 0.381 e. The number of aromatic nitrogens is 1. The summed E-state index contributed by atoms with van der Waals surface area (Å²) in [6.07, 6.45) is 1.80. The Morgan fingerprint density at radius 3 is 2.10 bits per heavy atom. The Morgan fingerprint density at radius 2 is 1.43 bits per heavy atom. The van der Waals surface area contributed by atoms with Gasteiger partial charge in [-0.15, -0.1) is 0 Å². The first-order valence-corrected chi connectivity index (χ1v) is 7.05. The average molecular weight is 273 g/mol. The third kappa shape index (κ3) is 3.58. The van der Waals surface area contributed by atoms with Gasteiger partial charge in [0.2, 0.25) is 0 Å². The van der Waals surface area contributed by atoms with E-state index in [1.807, 2.05) is 54.6 Å². The topological polar surface area (TPSA) is 22.1 Å². The van der Waals surface area contributed by atoms with Gasteiger partial charge in [0.15, 0.2) is 0 Å². The molecule has 0 aliphatic carbocycles. The van der Waals surface area contributed by atoms with E-state index in [-0.39, 0.29) is 6.92 Å². The molecule has 0 aliphatic rings. The second-order valence-corrected chi connectivity index (χ2v) is 4.84. The van der Waals surface area contributed by atoms with E-state index in [0.29, 0.717) is 6.61 Å². The minimum absolute atomic E-state index is 0.146. The zero-order valence-electron chi connectivity index (χ0n) is 11.7. The van der Waals surface area contributed by atoms with Gasteiger partial charge < -0.3 is 4.65 Å². The molecule has 102 valence electrons. The fraction of sp³-hybridized carbons (Fsp3) is 0.0556. The zero-order valence-corrected chi connectivity index (χ0v) is 11.7. The molecular formula is C18H16BNO. The summed E-state index contributed by atoms with van der Waals surface area (Å²) in [4.78, 5) is 4.44. The molecule has 2 nitrogen and oxygen atoms in total. The molecule has 0 spiro atoms. The summed E-state index contributed by atoms with van der Waals surface area (Å²) in [5.74, 6) is 0. The number of pyridine rings is 1. The predicted molar refractivity (Wildman–Crippen MR) is 86.9 cm³/mol. The zero-order chi connectivity index (χ0) is 14.3. The normalized spacial score (nSPS) is 10.3. The van der Waals surface area contributed by atoms with E-state index in [1.165, 1.54) is 0 Å². The van der Waals surface area contributed by atoms with Crippen LogP contribution >= 0.6 is 0 Å². The second-order valence-electron chi connectivity index (χ2n) is 4.84. The first kappa shape index (κ1) is 13.6. The Morgan fingerprint density at radius 1 is 0.762 bits per heavy atom. The molecule has 3 heteroatoms. The van der Waals surface area contributed by atoms with Gasteiger partial charge in [-0.05, 0) is 23.2 Å². The molecule has 21 heavy (non-hydrogen) atoms. The molecule has 0 amide bonds. The maximum absolute atomic E-state index is 6.14. The highest BCUT2D eigenvalue weighted by Gasteiger charge is 2.22. The Hall–Kier alpha value is -2.39. The summed E-state index contributed by atoms with van der Waals surface area (Å²) in [6, 6.07) is 26.3. The van der Waals surface area contributed by atoms with Crippen LogP contribution in [0.25, 0.3) is 0 Å². The van der Waals surface area contributed by atoms with E-state index in [2.05, 4.69) is 29.2 Å². The molecule has 0 N–H and O–H groups in total. The van der Waals surface area contributed by atoms with Crippen LogP contribution in [0.15, 0.2) is 85.1 Å². The van der Waals surface area contributed by atoms with Crippen LogP contribution < -0.4 is 11.1 Å². The van der Waals surface area contributed by atoms with Crippen LogP contribution in [0.1, 0.15) is 5.56 Å². The summed E-state index contributed by atoms with van der Waals surface area (Å²) < 4.78 is 6.14. The quantitative estimate of drug-likeness (QED) is 0.666. The van der Waals surface area contributed by atoms with Crippen molar-refractivity contribution < 1.29 is 4.65 Å². The van der Waals surface area contributed by atoms with Gasteiger partial charge in [0.1, 0.15) is 0 Å². The van der Waals surface area contributed by atoms with Crippen molar-refractivity contribution >= 4 is 18.0 Å². The van der Waals surface area contributed by atoms with E-state index in [4.69, 9.17) is 4.65 Å². The molecule has 0 radical (unpaired) electrons. The molecule has 0 aliphatic heterocycles. The van der Waals surface area contributed by atoms with Gasteiger partial charge in [-0.1, -0.05) is 66.7 Å². The van der Waals surface area contributed by atoms with Gasteiger partial charge in [0, 0.05) is 11.8 Å². The van der Waals surface area contributed by atoms with Crippen LogP contribution in [0.5, 0.6) is 0 Å². The molecule has 3 rings (SSSR count). The van der Waals surface area contributed by atoms with Gasteiger partial charge in [-0.25, -0.2) is 0 Å². The first-order chi connectivity index (χ1) is 10.4. The SMILES string of the molecule is c1ccc(COB(c2ccccc2)c2ccccn2)cc1. The van der Waals surface area contributed by atoms with E-state index in [9.17, 15) is 0 Å². The lowest BCUT2D eigenvalue weighted by molar-refractivity contribution is 0.321. The van der Waals surface area contributed by atoms with Crippen LogP contribution in [0.2, 0.25) is 0 Å². The lowest BCUT2D eigenvalue weighted by atomic mass is 9.58. The van der Waals surface area contributed by atoms with Crippen LogP contribution in [0, 0.1) is 0 Å². The molecule has 3 aromatic rings. The third-order valence-electron chi connectivity index (χ3n) is 3.32. The maximum atomic E-state index is 6.14. The van der Waals surface area contributed by atoms with Crippen molar-refractivity contribution in [3.8, 4) is 0 Å². The Balaban J connectivity index is 1.83. The van der Waals surface area contributed by atoms with E-state index in [1.54, 1.807) is 6.20 Å². The monoisotopic (exact) mass is 273 g/mol. The summed E-state index contributed by atoms with van der Waals surface area (Å²) in [6.45, 7) is 0.421. The van der Waals surface area contributed by atoms with Gasteiger partial charge in [-0.2, -0.15) is 0 Å². The Bertz CT molecular complexity index is 619. The van der Waals surface area contributed by atoms with Gasteiger partial charge in [0.25, 0.3) is 0 Å². The molecule has 2 aromatic carbocycles. The Labute approximate surface area is 125 Å². The van der Waals surface area contributed by atoms with Gasteiger partial charge in [-0.3, -0.25) is 4.98 Å². The molecule has 0 saturated heterocycles. The molecule has 1 heterocycles. The van der Waals surface area contributed by atoms with Crippen LogP contribution in [0.3, 0.4) is 0 Å². The van der Waals surface area contributed by atoms with Crippen molar-refractivity contribution in [2.24, 2.45) is 0 Å². The molecule has 0 unspecified atom stereocenters. The van der Waals surface area contributed by atoms with E-state index < -0.39 is 0 Å². The highest BCUT2D eigenvalue weighted by molar-refractivity contribution is 6.79. The van der Waals surface area contributed by atoms with Crippen LogP contribution in [-0.2, 0) is 11.3 Å². The second kappa shape index (κ2) is 6.86. The summed E-state index contributed by atoms with van der Waals surface area (Å²) in [7, 11) is 0. The molecule has 0 atom stereocenters. The van der Waals surface area contributed by atoms with Crippen molar-refractivity contribution in [3.05, 3.63) is 90.6 Å². The summed E-state index contributed by atoms with van der Waals surface area (Å²) in [5.41, 5.74) is 3.21. The minimum atomic E-state index is -0.146. The van der Waals surface area contributed by atoms with E-state index >= 15 is 0 Å². The van der Waals surface area contributed by atoms with Crippen LogP contribution in [0.4, 0.5) is 0 Å². The molecular weight excluding hydrogens is 257 g/mol. The molecule has 0 bridgehead atoms. The number of benzene rings is 2. The number of hydrogen-bond acceptors (Lipinski definition) is 2. The smallest absolute Gasteiger partial charge is 0.381 e. The van der Waals surface area contributed by atoms with Crippen molar-refractivity contribution in [3.63, 3.8) is 0 Å². The largest absolute Gasteiger partial charge is 0.422 e. The Kier molecular flexibility index (Phi) is 4.44. The van der Waals surface area contributed by atoms with Crippen molar-refractivity contribution in [1.82, 2.24) is 4.98 Å². The number of nitrogens with zero attached hydrogens (tertiary/aromatic N) is 1. The van der Waals surface area contributed by atoms with E-state index in [0.717, 1.165) is 16.6 Å². The lowest BCUT2D eigenvalue weighted by Gasteiger charge is -2.14. The fourth-order valence-corrected chi connectivity index (χ4v) is 2.27. The molecule has 0 saturated carbocycles. The lowest BCUT2D eigenvalue weighted by Crippen LogP contribution is -2.46. The molecule has 0 fully saturated rings. The number of rotatable bonds is 5. The van der Waals surface area contributed by atoms with Gasteiger partial charge in [0.05, 0.1) is 6.61 Å². The van der Waals surface area contributed by atoms with Gasteiger partial charge >= 0.3 is 6.92 Å². The summed E-state index contributed by atoms with van der Waals surface area (Å²) >= 11 is 0. The number of hydrogen-bond donors (Lipinski definition) is 0. The first-order valence-electron chi connectivity index (χ1n) is 7.05. The van der Waals surface area contributed by atoms with Crippen molar-refractivity contribution in [2.45, 2.75) is 6.61 Å². The van der Waals surface area contributed by atoms with Crippen molar-refractivity contribution in [2.75, 3.05) is 0 Å². The fourth-order valence-electron chi connectivity index (χ4n) is 2.27. The van der Waals surface area contributed by atoms with Crippen molar-refractivity contribution in [1.29, 1.82) is 0 Å². The minimum Gasteiger partial charge on any atom is -0.422 e. The molecule has 1 aromatic heterocycles. The highest BCUT2D eigenvalue weighted by atomic mass is 16.4. The standard InChI is InChI=1S/C18H16BNO/c1-3-9-16(10-4-1)15-21-19(17-11-5-2-6-12-17)18-13-7-8-14-20-18/h1-14H,15H2. The highest BCUT2D eigenvalue weighted by Crippen LogP contribution is 2.02. The van der Waals surface area contributed by atoms with Crippen LogP contribution in [-0.4, -0.2) is 11.9 Å². The summed E-state index contributed by atoms with van der Waals surface area (Å²) in [5, 5.41) is 0. The predicted octanol–water partition coefficient (Wildman–Crippen LogP) is 2.40.